The first kappa shape index (κ1) is 12.8. The molecule has 0 spiro atoms. The predicted octanol–water partition coefficient (Wildman–Crippen LogP) is -0.324. The van der Waals surface area contributed by atoms with Gasteiger partial charge in [-0.3, -0.25) is 0 Å². The lowest BCUT2D eigenvalue weighted by atomic mass is 10.4. The van der Waals surface area contributed by atoms with Gasteiger partial charge in [0, 0.05) is 5.75 Å². The predicted molar refractivity (Wildman–Crippen MR) is 59.1 cm³/mol. The Labute approximate surface area is 88.8 Å². The van der Waals surface area contributed by atoms with Gasteiger partial charge in [0.2, 0.25) is 0 Å². The first-order valence-corrected chi connectivity index (χ1v) is 4.77. The van der Waals surface area contributed by atoms with Crippen LogP contribution in [0.25, 0.3) is 0 Å². The molecular weight excluding hydrogens is 208 g/mol. The summed E-state index contributed by atoms with van der Waals surface area (Å²) >= 11 is 8.68. The number of nitrogens with two attached hydrogens (primary N) is 1. The second-order valence-corrected chi connectivity index (χ2v) is 3.64. The van der Waals surface area contributed by atoms with E-state index in [2.05, 4.69) is 12.6 Å². The summed E-state index contributed by atoms with van der Waals surface area (Å²) in [6, 6.07) is -0.705. The van der Waals surface area contributed by atoms with Gasteiger partial charge in [0.1, 0.15) is 6.04 Å². The molecule has 0 fully saturated rings. The molecule has 76 valence electrons. The number of carbonyl (C=O) groups is 1. The van der Waals surface area contributed by atoms with Crippen molar-refractivity contribution in [1.29, 1.82) is 0 Å². The highest BCUT2D eigenvalue weighted by atomic mass is 32.1. The third-order valence-electron chi connectivity index (χ3n) is 1.16. The molecule has 0 aliphatic heterocycles. The number of esters is 1. The highest BCUT2D eigenvalue weighted by Crippen LogP contribution is 1.92. The largest absolute Gasteiger partial charge is 0.417 e. The molecule has 4 nitrogen and oxygen atoms in total. The van der Waals surface area contributed by atoms with Gasteiger partial charge in [-0.15, -0.1) is 0 Å². The topological polar surface area (TPSA) is 55.6 Å². The van der Waals surface area contributed by atoms with Gasteiger partial charge in [0.05, 0.1) is 6.54 Å². The second-order valence-electron chi connectivity index (χ2n) is 2.82. The first-order valence-electron chi connectivity index (χ1n) is 3.73. The second kappa shape index (κ2) is 6.31. The third-order valence-corrected chi connectivity index (χ3v) is 1.77. The molecule has 13 heavy (non-hydrogen) atoms. The molecule has 6 heteroatoms. The lowest BCUT2D eigenvalue weighted by Gasteiger charge is -2.12. The zero-order valence-corrected chi connectivity index (χ0v) is 9.40. The summed E-state index contributed by atoms with van der Waals surface area (Å²) in [4.78, 5) is 12.9. The average Bonchev–Trinajstić information content (AvgIpc) is 2.01. The SMILES string of the molecule is CN(C)CC(=S)OC(=O)[C@@H](N)CS. The Morgan fingerprint density at radius 3 is 2.62 bits per heavy atom. The van der Waals surface area contributed by atoms with Gasteiger partial charge >= 0.3 is 5.97 Å². The van der Waals surface area contributed by atoms with Crippen LogP contribution >= 0.6 is 24.8 Å². The molecule has 0 saturated heterocycles. The van der Waals surface area contributed by atoms with E-state index in [1.165, 1.54) is 0 Å². The molecule has 0 aromatic rings. The Kier molecular flexibility index (Phi) is 6.23. The molecule has 0 aromatic heterocycles. The monoisotopic (exact) mass is 222 g/mol. The molecule has 1 atom stereocenters. The van der Waals surface area contributed by atoms with Crippen molar-refractivity contribution in [3.8, 4) is 0 Å². The van der Waals surface area contributed by atoms with Crippen molar-refractivity contribution in [2.45, 2.75) is 6.04 Å². The van der Waals surface area contributed by atoms with Crippen molar-refractivity contribution in [3.63, 3.8) is 0 Å². The Morgan fingerprint density at radius 1 is 1.69 bits per heavy atom. The summed E-state index contributed by atoms with van der Waals surface area (Å²) in [5.41, 5.74) is 5.37. The number of thiol groups is 1. The summed E-state index contributed by atoms with van der Waals surface area (Å²) in [5, 5.41) is 0.229. The van der Waals surface area contributed by atoms with Crippen LogP contribution in [0.1, 0.15) is 0 Å². The van der Waals surface area contributed by atoms with Crippen molar-refractivity contribution in [2.75, 3.05) is 26.4 Å². The number of hydrogen-bond acceptors (Lipinski definition) is 6. The molecule has 2 N–H and O–H groups in total. The Balaban J connectivity index is 3.85. The van der Waals surface area contributed by atoms with E-state index < -0.39 is 12.0 Å². The normalized spacial score (nSPS) is 12.7. The van der Waals surface area contributed by atoms with Gasteiger partial charge < -0.3 is 15.4 Å². The fourth-order valence-electron chi connectivity index (χ4n) is 0.553. The minimum Gasteiger partial charge on any atom is -0.417 e. The van der Waals surface area contributed by atoms with Crippen LogP contribution < -0.4 is 5.73 Å². The maximum atomic E-state index is 11.1. The van der Waals surface area contributed by atoms with Gasteiger partial charge in [-0.1, -0.05) is 0 Å². The van der Waals surface area contributed by atoms with Gasteiger partial charge in [-0.2, -0.15) is 12.6 Å². The van der Waals surface area contributed by atoms with E-state index >= 15 is 0 Å². The summed E-state index contributed by atoms with van der Waals surface area (Å²) in [6.07, 6.45) is 0. The average molecular weight is 222 g/mol. The highest BCUT2D eigenvalue weighted by molar-refractivity contribution is 7.80. The Morgan fingerprint density at radius 2 is 2.23 bits per heavy atom. The van der Waals surface area contributed by atoms with Crippen molar-refractivity contribution in [2.24, 2.45) is 5.73 Å². The van der Waals surface area contributed by atoms with Crippen molar-refractivity contribution >= 4 is 35.9 Å². The van der Waals surface area contributed by atoms with E-state index in [-0.39, 0.29) is 10.8 Å². The van der Waals surface area contributed by atoms with Crippen molar-refractivity contribution in [3.05, 3.63) is 0 Å². The number of rotatable bonds is 4. The van der Waals surface area contributed by atoms with Gasteiger partial charge in [-0.05, 0) is 26.3 Å². The van der Waals surface area contributed by atoms with E-state index in [0.29, 0.717) is 6.54 Å². The number of thiocarbonyl (C=S) groups is 1. The van der Waals surface area contributed by atoms with Crippen LogP contribution in [0, 0.1) is 0 Å². The number of hydrogen-bond donors (Lipinski definition) is 2. The van der Waals surface area contributed by atoms with Crippen LogP contribution in [-0.2, 0) is 9.53 Å². The minimum absolute atomic E-state index is 0.229. The molecule has 0 bridgehead atoms. The zero-order valence-electron chi connectivity index (χ0n) is 7.69. The van der Waals surface area contributed by atoms with Crippen LogP contribution in [0.2, 0.25) is 0 Å². The van der Waals surface area contributed by atoms with Crippen molar-refractivity contribution < 1.29 is 9.53 Å². The summed E-state index contributed by atoms with van der Waals surface area (Å²) in [5.74, 6) is -0.273. The fraction of sp³-hybridized carbons (Fsp3) is 0.714. The smallest absolute Gasteiger partial charge is 0.329 e. The van der Waals surface area contributed by atoms with E-state index in [4.69, 9.17) is 22.7 Å². The molecule has 0 saturated carbocycles. The standard InChI is InChI=1S/C7H14N2O2S2/c1-9(2)3-6(13)11-7(10)5(8)4-12/h5,12H,3-4,8H2,1-2H3/t5-/m0/s1. The van der Waals surface area contributed by atoms with E-state index in [0.717, 1.165) is 0 Å². The molecule has 0 heterocycles. The maximum Gasteiger partial charge on any atom is 0.329 e. The van der Waals surface area contributed by atoms with Crippen LogP contribution in [0.5, 0.6) is 0 Å². The molecule has 0 aromatic carbocycles. The molecule has 0 amide bonds. The molecule has 0 aliphatic rings. The Bertz CT molecular complexity index is 197. The van der Waals surface area contributed by atoms with Crippen LogP contribution in [-0.4, -0.2) is 48.4 Å². The number of nitrogens with zero attached hydrogens (tertiary/aromatic N) is 1. The zero-order chi connectivity index (χ0) is 10.4. The molecule has 0 radical (unpaired) electrons. The summed E-state index contributed by atoms with van der Waals surface area (Å²) in [6.45, 7) is 0.431. The molecule has 0 aliphatic carbocycles. The highest BCUT2D eigenvalue weighted by Gasteiger charge is 2.15. The van der Waals surface area contributed by atoms with E-state index in [1.54, 1.807) is 0 Å². The molecule has 0 rings (SSSR count). The fourth-order valence-corrected chi connectivity index (χ4v) is 1.04. The lowest BCUT2D eigenvalue weighted by Crippen LogP contribution is -2.36. The third kappa shape index (κ3) is 5.98. The quantitative estimate of drug-likeness (QED) is 0.388. The molecular formula is C7H14N2O2S2. The van der Waals surface area contributed by atoms with E-state index in [1.807, 2.05) is 19.0 Å². The number of likely N-dealkylation sites (N-methyl/N-ethyl adjacent to an activating group) is 1. The molecule has 0 unspecified atom stereocenters. The van der Waals surface area contributed by atoms with Gasteiger partial charge in [-0.25, -0.2) is 4.79 Å². The number of carbonyl (C=O) groups excluding carboxylic acids is 1. The Hall–Kier alpha value is -0.170. The maximum absolute atomic E-state index is 11.1. The van der Waals surface area contributed by atoms with Gasteiger partial charge in [0.25, 0.3) is 0 Å². The summed E-state index contributed by atoms with van der Waals surface area (Å²) < 4.78 is 4.79. The van der Waals surface area contributed by atoms with Gasteiger partial charge in [0.15, 0.2) is 5.05 Å². The number of ether oxygens (including phenoxy) is 1. The summed E-state index contributed by atoms with van der Waals surface area (Å²) in [7, 11) is 3.66. The lowest BCUT2D eigenvalue weighted by molar-refractivity contribution is -0.136. The van der Waals surface area contributed by atoms with Crippen LogP contribution in [0.3, 0.4) is 0 Å². The minimum atomic E-state index is -0.705. The van der Waals surface area contributed by atoms with Crippen LogP contribution in [0.4, 0.5) is 0 Å². The van der Waals surface area contributed by atoms with E-state index in [9.17, 15) is 4.79 Å². The van der Waals surface area contributed by atoms with Crippen molar-refractivity contribution in [1.82, 2.24) is 4.90 Å². The first-order chi connectivity index (χ1) is 5.97. The van der Waals surface area contributed by atoms with Crippen LogP contribution in [0.15, 0.2) is 0 Å².